The van der Waals surface area contributed by atoms with E-state index in [1.165, 1.54) is 4.90 Å². The number of imidazole rings is 1. The molecule has 3 heterocycles. The van der Waals surface area contributed by atoms with Crippen molar-refractivity contribution in [2.24, 2.45) is 0 Å². The van der Waals surface area contributed by atoms with Crippen LogP contribution in [-0.2, 0) is 9.59 Å². The lowest BCUT2D eigenvalue weighted by Crippen LogP contribution is -2.30. The third-order valence-electron chi connectivity index (χ3n) is 6.46. The minimum absolute atomic E-state index is 0.00564. The molecule has 1 unspecified atom stereocenters. The van der Waals surface area contributed by atoms with Gasteiger partial charge in [-0.25, -0.2) is 4.98 Å². The number of hydrogen-bond acceptors (Lipinski definition) is 5. The Morgan fingerprint density at radius 2 is 1.68 bits per heavy atom. The van der Waals surface area contributed by atoms with Gasteiger partial charge in [-0.1, -0.05) is 42.5 Å². The first kappa shape index (κ1) is 22.6. The van der Waals surface area contributed by atoms with Gasteiger partial charge in [0.05, 0.1) is 28.8 Å². The van der Waals surface area contributed by atoms with Crippen LogP contribution in [0.2, 0.25) is 0 Å². The molecule has 0 saturated carbocycles. The Bertz CT molecular complexity index is 1660. The summed E-state index contributed by atoms with van der Waals surface area (Å²) < 4.78 is 5.78. The molecule has 3 N–H and O–H groups in total. The number of aliphatic hydroxyl groups excluding tert-OH is 1. The molecule has 1 atom stereocenters. The number of anilines is 1. The fourth-order valence-electron chi connectivity index (χ4n) is 4.83. The third kappa shape index (κ3) is 3.74. The fraction of sp³-hybridized carbons (Fsp3) is 0.138. The molecular weight excluding hydrogens is 468 g/mol. The largest absolute Gasteiger partial charge is 0.507 e. The predicted octanol–water partition coefficient (Wildman–Crippen LogP) is 5.46. The quantitative estimate of drug-likeness (QED) is 0.171. The number of benzene rings is 3. The van der Waals surface area contributed by atoms with Crippen LogP contribution in [-0.4, -0.2) is 37.9 Å². The van der Waals surface area contributed by atoms with Gasteiger partial charge in [0.25, 0.3) is 5.78 Å². The summed E-state index contributed by atoms with van der Waals surface area (Å²) in [7, 11) is 0. The molecule has 0 radical (unpaired) electrons. The Morgan fingerprint density at radius 3 is 2.41 bits per heavy atom. The highest BCUT2D eigenvalue weighted by Crippen LogP contribution is 2.42. The molecule has 1 amide bonds. The number of amides is 1. The standard InChI is InChI=1S/C29H24N4O4/c1-16(2)37-18-13-11-17(12-14-18)25-24(26(34)20-15-30-21-8-4-3-7-19(20)21)27(35)28(36)33(25)29-31-22-9-5-6-10-23(22)32-29/h3-16,25,30,34H,1-2H3,(H,31,32)/b26-24+. The number of nitrogens with one attached hydrogen (secondary N) is 2. The topological polar surface area (TPSA) is 111 Å². The first-order chi connectivity index (χ1) is 17.9. The van der Waals surface area contributed by atoms with Gasteiger partial charge in [-0.3, -0.25) is 14.5 Å². The van der Waals surface area contributed by atoms with Gasteiger partial charge in [0.15, 0.2) is 0 Å². The van der Waals surface area contributed by atoms with E-state index in [-0.39, 0.29) is 23.4 Å². The number of aromatic nitrogens is 3. The number of fused-ring (bicyclic) bond motifs is 2. The van der Waals surface area contributed by atoms with Crippen LogP contribution >= 0.6 is 0 Å². The molecule has 0 bridgehead atoms. The number of aromatic amines is 2. The maximum absolute atomic E-state index is 13.5. The van der Waals surface area contributed by atoms with Crippen LogP contribution in [0.4, 0.5) is 5.95 Å². The molecule has 1 aliphatic heterocycles. The zero-order chi connectivity index (χ0) is 25.7. The lowest BCUT2D eigenvalue weighted by Gasteiger charge is -2.23. The Balaban J connectivity index is 1.55. The van der Waals surface area contributed by atoms with Gasteiger partial charge >= 0.3 is 5.91 Å². The molecule has 8 heteroatoms. The van der Waals surface area contributed by atoms with Crippen LogP contribution in [0.25, 0.3) is 27.7 Å². The fourth-order valence-corrected chi connectivity index (χ4v) is 4.83. The maximum atomic E-state index is 13.5. The van der Waals surface area contributed by atoms with Gasteiger partial charge in [0, 0.05) is 22.7 Å². The van der Waals surface area contributed by atoms with Crippen LogP contribution in [0, 0.1) is 0 Å². The average Bonchev–Trinajstić information content (AvgIpc) is 3.58. The Labute approximate surface area is 212 Å². The summed E-state index contributed by atoms with van der Waals surface area (Å²) in [6, 6.07) is 21.1. The smallest absolute Gasteiger partial charge is 0.302 e. The van der Waals surface area contributed by atoms with E-state index in [9.17, 15) is 14.7 Å². The highest BCUT2D eigenvalue weighted by atomic mass is 16.5. The highest BCUT2D eigenvalue weighted by Gasteiger charge is 2.48. The maximum Gasteiger partial charge on any atom is 0.302 e. The second kappa shape index (κ2) is 8.67. The lowest BCUT2D eigenvalue weighted by molar-refractivity contribution is -0.132. The van der Waals surface area contributed by atoms with Crippen molar-refractivity contribution >= 4 is 45.3 Å². The molecule has 1 saturated heterocycles. The average molecular weight is 493 g/mol. The van der Waals surface area contributed by atoms with E-state index in [0.29, 0.717) is 22.4 Å². The minimum Gasteiger partial charge on any atom is -0.507 e. The summed E-state index contributed by atoms with van der Waals surface area (Å²) in [5, 5.41) is 12.3. The van der Waals surface area contributed by atoms with E-state index < -0.39 is 17.7 Å². The van der Waals surface area contributed by atoms with Crippen molar-refractivity contribution < 1.29 is 19.4 Å². The van der Waals surface area contributed by atoms with Crippen molar-refractivity contribution in [2.45, 2.75) is 26.0 Å². The number of carbonyl (C=O) groups excluding carboxylic acids is 2. The molecule has 1 aliphatic rings. The Morgan fingerprint density at radius 1 is 0.973 bits per heavy atom. The summed E-state index contributed by atoms with van der Waals surface area (Å²) >= 11 is 0. The Hall–Kier alpha value is -4.85. The summed E-state index contributed by atoms with van der Waals surface area (Å²) in [6.45, 7) is 3.87. The van der Waals surface area contributed by atoms with E-state index in [2.05, 4.69) is 15.0 Å². The molecular formula is C29H24N4O4. The number of hydrogen-bond donors (Lipinski definition) is 3. The second-order valence-electron chi connectivity index (χ2n) is 9.23. The van der Waals surface area contributed by atoms with Crippen LogP contribution in [0.15, 0.2) is 84.6 Å². The highest BCUT2D eigenvalue weighted by molar-refractivity contribution is 6.51. The van der Waals surface area contributed by atoms with Gasteiger partial charge in [-0.2, -0.15) is 0 Å². The number of ether oxygens (including phenoxy) is 1. The molecule has 8 nitrogen and oxygen atoms in total. The zero-order valence-corrected chi connectivity index (χ0v) is 20.2. The monoisotopic (exact) mass is 492 g/mol. The van der Waals surface area contributed by atoms with E-state index in [1.807, 2.05) is 62.4 Å². The van der Waals surface area contributed by atoms with Gasteiger partial charge in [-0.15, -0.1) is 0 Å². The summed E-state index contributed by atoms with van der Waals surface area (Å²) in [5.41, 5.74) is 3.28. The molecule has 37 heavy (non-hydrogen) atoms. The summed E-state index contributed by atoms with van der Waals surface area (Å²) in [5.74, 6) is -0.907. The van der Waals surface area contributed by atoms with Gasteiger partial charge < -0.3 is 19.8 Å². The van der Waals surface area contributed by atoms with Crippen molar-refractivity contribution in [2.75, 3.05) is 4.90 Å². The predicted molar refractivity (Wildman–Crippen MR) is 141 cm³/mol. The normalized spacial score (nSPS) is 17.4. The van der Waals surface area contributed by atoms with E-state index in [0.717, 1.165) is 16.4 Å². The second-order valence-corrected chi connectivity index (χ2v) is 9.23. The van der Waals surface area contributed by atoms with E-state index >= 15 is 0 Å². The number of ketones is 1. The molecule has 184 valence electrons. The lowest BCUT2D eigenvalue weighted by atomic mass is 9.95. The number of para-hydroxylation sites is 3. The first-order valence-electron chi connectivity index (χ1n) is 12.0. The van der Waals surface area contributed by atoms with Gasteiger partial charge in [0.2, 0.25) is 5.95 Å². The number of H-pyrrole nitrogens is 2. The number of rotatable bonds is 5. The van der Waals surface area contributed by atoms with Crippen LogP contribution in [0.1, 0.15) is 31.0 Å². The minimum atomic E-state index is -0.901. The molecule has 6 rings (SSSR count). The zero-order valence-electron chi connectivity index (χ0n) is 20.2. The van der Waals surface area contributed by atoms with Crippen molar-refractivity contribution in [3.63, 3.8) is 0 Å². The third-order valence-corrected chi connectivity index (χ3v) is 6.46. The van der Waals surface area contributed by atoms with Crippen LogP contribution in [0.3, 0.4) is 0 Å². The van der Waals surface area contributed by atoms with Crippen LogP contribution < -0.4 is 9.64 Å². The van der Waals surface area contributed by atoms with Crippen molar-refractivity contribution in [3.8, 4) is 5.75 Å². The number of aliphatic hydroxyl groups is 1. The van der Waals surface area contributed by atoms with E-state index in [1.54, 1.807) is 30.5 Å². The SMILES string of the molecule is CC(C)Oc1ccc(C2/C(=C(\O)c3c[nH]c4ccccc34)C(=O)C(=O)N2c2nc3ccccc3[nH]2)cc1. The molecule has 5 aromatic rings. The first-order valence-corrected chi connectivity index (χ1v) is 12.0. The molecule has 0 spiro atoms. The van der Waals surface area contributed by atoms with Gasteiger partial charge in [-0.05, 0) is 49.7 Å². The van der Waals surface area contributed by atoms with E-state index in [4.69, 9.17) is 4.74 Å². The molecule has 2 aromatic heterocycles. The number of Topliss-reactive ketones (excluding diaryl/α,β-unsaturated/α-hetero) is 1. The molecule has 3 aromatic carbocycles. The van der Waals surface area contributed by atoms with Crippen molar-refractivity contribution in [3.05, 3.63) is 95.7 Å². The Kier molecular flexibility index (Phi) is 5.30. The molecule has 1 fully saturated rings. The summed E-state index contributed by atoms with van der Waals surface area (Å²) in [6.07, 6.45) is 1.64. The van der Waals surface area contributed by atoms with Gasteiger partial charge in [0.1, 0.15) is 11.5 Å². The van der Waals surface area contributed by atoms with Crippen molar-refractivity contribution in [1.29, 1.82) is 0 Å². The summed E-state index contributed by atoms with van der Waals surface area (Å²) in [4.78, 5) is 39.1. The van der Waals surface area contributed by atoms with Crippen molar-refractivity contribution in [1.82, 2.24) is 15.0 Å². The number of carbonyl (C=O) groups is 2. The van der Waals surface area contributed by atoms with Crippen LogP contribution in [0.5, 0.6) is 5.75 Å². The number of nitrogens with zero attached hydrogens (tertiary/aromatic N) is 2. The molecule has 0 aliphatic carbocycles.